The van der Waals surface area contributed by atoms with E-state index < -0.39 is 0 Å². The highest BCUT2D eigenvalue weighted by Gasteiger charge is 2.17. The second-order valence-corrected chi connectivity index (χ2v) is 4.13. The Morgan fingerprint density at radius 3 is 2.47 bits per heavy atom. The minimum Gasteiger partial charge on any atom is -0.496 e. The zero-order chi connectivity index (χ0) is 11.4. The molecule has 84 valence electrons. The van der Waals surface area contributed by atoms with Gasteiger partial charge >= 0.3 is 0 Å². The highest BCUT2D eigenvalue weighted by Crippen LogP contribution is 2.30. The van der Waals surface area contributed by atoms with Crippen LogP contribution in [0.3, 0.4) is 0 Å². The van der Waals surface area contributed by atoms with Crippen LogP contribution in [-0.4, -0.2) is 7.11 Å². The van der Waals surface area contributed by atoms with Crippen LogP contribution in [0.5, 0.6) is 5.75 Å². The number of hydrogen-bond acceptors (Lipinski definition) is 3. The standard InChI is InChI=1S/C12H20N2O/c1-8(2)12(14-13)10-6-5-9(3)7-11(10)15-4/h5-8,12,14H,13H2,1-4H3. The van der Waals surface area contributed by atoms with Gasteiger partial charge in [0, 0.05) is 5.56 Å². The monoisotopic (exact) mass is 208 g/mol. The summed E-state index contributed by atoms with van der Waals surface area (Å²) in [6.45, 7) is 6.31. The summed E-state index contributed by atoms with van der Waals surface area (Å²) >= 11 is 0. The number of ether oxygens (including phenoxy) is 1. The number of aryl methyl sites for hydroxylation is 1. The number of hydrogen-bond donors (Lipinski definition) is 2. The summed E-state index contributed by atoms with van der Waals surface area (Å²) in [5.74, 6) is 6.88. The zero-order valence-corrected chi connectivity index (χ0v) is 9.87. The Balaban J connectivity index is 3.11. The molecule has 0 saturated carbocycles. The number of benzene rings is 1. The van der Waals surface area contributed by atoms with Gasteiger partial charge in [0.25, 0.3) is 0 Å². The molecular weight excluding hydrogens is 188 g/mol. The first kappa shape index (κ1) is 12.0. The van der Waals surface area contributed by atoms with E-state index in [4.69, 9.17) is 10.6 Å². The molecule has 1 atom stereocenters. The first-order valence-corrected chi connectivity index (χ1v) is 5.20. The number of nitrogens with one attached hydrogen (secondary N) is 1. The number of methoxy groups -OCH3 is 1. The molecule has 0 aliphatic carbocycles. The van der Waals surface area contributed by atoms with Crippen LogP contribution >= 0.6 is 0 Å². The van der Waals surface area contributed by atoms with Crippen LogP contribution in [0.25, 0.3) is 0 Å². The van der Waals surface area contributed by atoms with Gasteiger partial charge in [-0.3, -0.25) is 11.3 Å². The van der Waals surface area contributed by atoms with Crippen molar-refractivity contribution in [1.82, 2.24) is 5.43 Å². The summed E-state index contributed by atoms with van der Waals surface area (Å²) in [6, 6.07) is 6.30. The van der Waals surface area contributed by atoms with E-state index in [1.165, 1.54) is 5.56 Å². The van der Waals surface area contributed by atoms with E-state index in [9.17, 15) is 0 Å². The summed E-state index contributed by atoms with van der Waals surface area (Å²) in [6.07, 6.45) is 0. The molecule has 0 bridgehead atoms. The van der Waals surface area contributed by atoms with Crippen molar-refractivity contribution in [3.05, 3.63) is 29.3 Å². The molecule has 3 N–H and O–H groups in total. The van der Waals surface area contributed by atoms with Gasteiger partial charge in [-0.15, -0.1) is 0 Å². The maximum absolute atomic E-state index is 5.56. The van der Waals surface area contributed by atoms with E-state index in [0.717, 1.165) is 11.3 Å². The maximum Gasteiger partial charge on any atom is 0.123 e. The SMILES string of the molecule is COc1cc(C)ccc1C(NN)C(C)C. The van der Waals surface area contributed by atoms with E-state index in [1.807, 2.05) is 13.0 Å². The third-order valence-corrected chi connectivity index (χ3v) is 2.57. The van der Waals surface area contributed by atoms with Gasteiger partial charge in [-0.05, 0) is 24.5 Å². The van der Waals surface area contributed by atoms with Gasteiger partial charge in [0.05, 0.1) is 13.2 Å². The Hall–Kier alpha value is -1.06. The van der Waals surface area contributed by atoms with Crippen molar-refractivity contribution in [3.8, 4) is 5.75 Å². The van der Waals surface area contributed by atoms with E-state index in [2.05, 4.69) is 31.4 Å². The number of hydrazine groups is 1. The summed E-state index contributed by atoms with van der Waals surface area (Å²) in [5.41, 5.74) is 5.13. The fourth-order valence-electron chi connectivity index (χ4n) is 1.72. The van der Waals surface area contributed by atoms with Crippen molar-refractivity contribution in [3.63, 3.8) is 0 Å². The minimum absolute atomic E-state index is 0.126. The molecule has 1 rings (SSSR count). The van der Waals surface area contributed by atoms with Crippen molar-refractivity contribution >= 4 is 0 Å². The predicted octanol–water partition coefficient (Wildman–Crippen LogP) is 2.16. The number of rotatable bonds is 4. The summed E-state index contributed by atoms with van der Waals surface area (Å²) in [7, 11) is 1.69. The molecule has 0 spiro atoms. The van der Waals surface area contributed by atoms with E-state index in [1.54, 1.807) is 7.11 Å². The van der Waals surface area contributed by atoms with Gasteiger partial charge in [-0.2, -0.15) is 0 Å². The van der Waals surface area contributed by atoms with Gasteiger partial charge in [-0.1, -0.05) is 26.0 Å². The summed E-state index contributed by atoms with van der Waals surface area (Å²) < 4.78 is 5.36. The second-order valence-electron chi connectivity index (χ2n) is 4.13. The Labute approximate surface area is 91.6 Å². The molecule has 0 amide bonds. The Morgan fingerprint density at radius 1 is 1.33 bits per heavy atom. The molecular formula is C12H20N2O. The second kappa shape index (κ2) is 5.14. The molecule has 0 aliphatic heterocycles. The van der Waals surface area contributed by atoms with Crippen LogP contribution in [0.4, 0.5) is 0 Å². The van der Waals surface area contributed by atoms with Crippen LogP contribution in [-0.2, 0) is 0 Å². The summed E-state index contributed by atoms with van der Waals surface area (Å²) in [5, 5.41) is 0. The average Bonchev–Trinajstić information content (AvgIpc) is 2.20. The van der Waals surface area contributed by atoms with E-state index in [0.29, 0.717) is 5.92 Å². The Bertz CT molecular complexity index is 323. The van der Waals surface area contributed by atoms with E-state index >= 15 is 0 Å². The highest BCUT2D eigenvalue weighted by molar-refractivity contribution is 5.39. The van der Waals surface area contributed by atoms with Gasteiger partial charge in [0.1, 0.15) is 5.75 Å². The van der Waals surface area contributed by atoms with Crippen LogP contribution < -0.4 is 16.0 Å². The van der Waals surface area contributed by atoms with Crippen molar-refractivity contribution in [2.75, 3.05) is 7.11 Å². The fourth-order valence-corrected chi connectivity index (χ4v) is 1.72. The molecule has 0 heterocycles. The molecule has 3 heteroatoms. The third-order valence-electron chi connectivity index (χ3n) is 2.57. The lowest BCUT2D eigenvalue weighted by Gasteiger charge is -2.22. The highest BCUT2D eigenvalue weighted by atomic mass is 16.5. The summed E-state index contributed by atoms with van der Waals surface area (Å²) in [4.78, 5) is 0. The van der Waals surface area contributed by atoms with Gasteiger partial charge in [0.2, 0.25) is 0 Å². The van der Waals surface area contributed by atoms with Gasteiger partial charge in [-0.25, -0.2) is 0 Å². The Morgan fingerprint density at radius 2 is 2.00 bits per heavy atom. The quantitative estimate of drug-likeness (QED) is 0.589. The number of nitrogens with two attached hydrogens (primary N) is 1. The molecule has 3 nitrogen and oxygen atoms in total. The van der Waals surface area contributed by atoms with Crippen LogP contribution in [0.1, 0.15) is 31.0 Å². The lowest BCUT2D eigenvalue weighted by Crippen LogP contribution is -2.31. The molecule has 1 unspecified atom stereocenters. The first-order valence-electron chi connectivity index (χ1n) is 5.20. The van der Waals surface area contributed by atoms with Crippen LogP contribution in [0.2, 0.25) is 0 Å². The topological polar surface area (TPSA) is 47.3 Å². The normalized spacial score (nSPS) is 12.9. The van der Waals surface area contributed by atoms with Crippen LogP contribution in [0.15, 0.2) is 18.2 Å². The van der Waals surface area contributed by atoms with Crippen LogP contribution in [0, 0.1) is 12.8 Å². The van der Waals surface area contributed by atoms with Crippen molar-refractivity contribution in [2.24, 2.45) is 11.8 Å². The third kappa shape index (κ3) is 2.70. The molecule has 0 aliphatic rings. The maximum atomic E-state index is 5.56. The molecule has 15 heavy (non-hydrogen) atoms. The lowest BCUT2D eigenvalue weighted by molar-refractivity contribution is 0.373. The predicted molar refractivity (Wildman–Crippen MR) is 62.6 cm³/mol. The molecule has 0 fully saturated rings. The molecule has 0 aromatic heterocycles. The fraction of sp³-hybridized carbons (Fsp3) is 0.500. The average molecular weight is 208 g/mol. The lowest BCUT2D eigenvalue weighted by atomic mass is 9.95. The molecule has 1 aromatic carbocycles. The van der Waals surface area contributed by atoms with Crippen molar-refractivity contribution < 1.29 is 4.74 Å². The largest absolute Gasteiger partial charge is 0.496 e. The van der Waals surface area contributed by atoms with E-state index in [-0.39, 0.29) is 6.04 Å². The first-order chi connectivity index (χ1) is 7.10. The minimum atomic E-state index is 0.126. The van der Waals surface area contributed by atoms with Crippen molar-refractivity contribution in [1.29, 1.82) is 0 Å². The van der Waals surface area contributed by atoms with Crippen molar-refractivity contribution in [2.45, 2.75) is 26.8 Å². The molecule has 1 aromatic rings. The molecule has 0 saturated heterocycles. The van der Waals surface area contributed by atoms with Gasteiger partial charge in [0.15, 0.2) is 0 Å². The van der Waals surface area contributed by atoms with Gasteiger partial charge < -0.3 is 4.74 Å². The zero-order valence-electron chi connectivity index (χ0n) is 9.87. The molecule has 0 radical (unpaired) electrons. The Kier molecular flexibility index (Phi) is 4.12. The smallest absolute Gasteiger partial charge is 0.123 e.